The minimum absolute atomic E-state index is 0.120. The van der Waals surface area contributed by atoms with Crippen LogP contribution in [0.5, 0.6) is 0 Å². The van der Waals surface area contributed by atoms with Gasteiger partial charge in [0, 0.05) is 12.4 Å². The summed E-state index contributed by atoms with van der Waals surface area (Å²) >= 11 is 0. The van der Waals surface area contributed by atoms with Crippen molar-refractivity contribution < 1.29 is 14.3 Å². The zero-order chi connectivity index (χ0) is 15.4. The lowest BCUT2D eigenvalue weighted by molar-refractivity contribution is -0.119. The van der Waals surface area contributed by atoms with Gasteiger partial charge in [0.25, 0.3) is 0 Å². The van der Waals surface area contributed by atoms with Gasteiger partial charge in [0.05, 0.1) is 13.3 Å². The van der Waals surface area contributed by atoms with E-state index in [-0.39, 0.29) is 11.9 Å². The molecule has 0 fully saturated rings. The number of rotatable bonds is 4. The molecule has 0 saturated heterocycles. The van der Waals surface area contributed by atoms with Crippen molar-refractivity contribution in [1.82, 2.24) is 24.9 Å². The summed E-state index contributed by atoms with van der Waals surface area (Å²) in [6, 6.07) is -0.744. The summed E-state index contributed by atoms with van der Waals surface area (Å²) in [6.45, 7) is 3.62. The van der Waals surface area contributed by atoms with Crippen LogP contribution in [0.4, 0.5) is 10.7 Å². The molecular formula is C12H16N6O3. The van der Waals surface area contributed by atoms with Crippen LogP contribution in [0, 0.1) is 5.92 Å². The van der Waals surface area contributed by atoms with Gasteiger partial charge in [-0.15, -0.1) is 10.2 Å². The predicted octanol–water partition coefficient (Wildman–Crippen LogP) is 0.443. The van der Waals surface area contributed by atoms with E-state index < -0.39 is 18.0 Å². The predicted molar refractivity (Wildman–Crippen MR) is 73.6 cm³/mol. The van der Waals surface area contributed by atoms with Crippen LogP contribution in [0.15, 0.2) is 18.6 Å². The van der Waals surface area contributed by atoms with E-state index in [2.05, 4.69) is 30.6 Å². The Bertz CT molecular complexity index is 653. The van der Waals surface area contributed by atoms with Crippen molar-refractivity contribution in [2.24, 2.45) is 5.92 Å². The third-order valence-corrected chi connectivity index (χ3v) is 2.86. The van der Waals surface area contributed by atoms with Crippen LogP contribution in [-0.2, 0) is 9.53 Å². The molecule has 0 unspecified atom stereocenters. The van der Waals surface area contributed by atoms with Crippen LogP contribution < -0.4 is 10.6 Å². The monoisotopic (exact) mass is 292 g/mol. The number of carbonyl (C=O) groups is 2. The Labute approximate surface area is 120 Å². The van der Waals surface area contributed by atoms with Gasteiger partial charge in [-0.05, 0) is 5.92 Å². The second kappa shape index (κ2) is 6.16. The van der Waals surface area contributed by atoms with Gasteiger partial charge in [0.15, 0.2) is 5.65 Å². The SMILES string of the molecule is COC(=O)N[C@H](C(=O)Nc1nnc2cnccn12)C(C)C. The molecule has 0 spiro atoms. The van der Waals surface area contributed by atoms with Crippen molar-refractivity contribution >= 4 is 23.6 Å². The third-order valence-electron chi connectivity index (χ3n) is 2.86. The number of alkyl carbamates (subject to hydrolysis) is 1. The van der Waals surface area contributed by atoms with E-state index in [1.54, 1.807) is 16.8 Å². The van der Waals surface area contributed by atoms with Crippen molar-refractivity contribution in [1.29, 1.82) is 0 Å². The molecular weight excluding hydrogens is 276 g/mol. The van der Waals surface area contributed by atoms with Crippen molar-refractivity contribution in [2.75, 3.05) is 12.4 Å². The molecule has 9 heteroatoms. The first-order valence-electron chi connectivity index (χ1n) is 6.33. The molecule has 0 aliphatic heterocycles. The molecule has 0 saturated carbocycles. The highest BCUT2D eigenvalue weighted by atomic mass is 16.5. The average Bonchev–Trinajstić information content (AvgIpc) is 2.87. The van der Waals surface area contributed by atoms with E-state index in [4.69, 9.17) is 0 Å². The Hall–Kier alpha value is -2.71. The maximum atomic E-state index is 12.3. The Morgan fingerprint density at radius 2 is 2.10 bits per heavy atom. The highest BCUT2D eigenvalue weighted by Gasteiger charge is 2.25. The summed E-state index contributed by atoms with van der Waals surface area (Å²) in [7, 11) is 1.24. The molecule has 9 nitrogen and oxygen atoms in total. The summed E-state index contributed by atoms with van der Waals surface area (Å²) in [5.74, 6) is -0.263. The van der Waals surface area contributed by atoms with Crippen LogP contribution in [0.2, 0.25) is 0 Å². The molecule has 2 aromatic heterocycles. The van der Waals surface area contributed by atoms with Gasteiger partial charge < -0.3 is 10.1 Å². The zero-order valence-electron chi connectivity index (χ0n) is 11.9. The van der Waals surface area contributed by atoms with Gasteiger partial charge in [-0.25, -0.2) is 4.79 Å². The van der Waals surface area contributed by atoms with E-state index in [0.29, 0.717) is 5.65 Å². The Morgan fingerprint density at radius 1 is 1.33 bits per heavy atom. The largest absolute Gasteiger partial charge is 0.453 e. The molecule has 21 heavy (non-hydrogen) atoms. The average molecular weight is 292 g/mol. The van der Waals surface area contributed by atoms with Gasteiger partial charge in [-0.2, -0.15) is 0 Å². The molecule has 0 aliphatic rings. The third kappa shape index (κ3) is 3.25. The normalized spacial score (nSPS) is 12.2. The summed E-state index contributed by atoms with van der Waals surface area (Å²) in [5, 5.41) is 12.9. The number of hydrogen-bond acceptors (Lipinski definition) is 6. The maximum absolute atomic E-state index is 12.3. The number of amides is 2. The number of carbonyl (C=O) groups excluding carboxylic acids is 2. The first kappa shape index (κ1) is 14.7. The number of aromatic nitrogens is 4. The fourth-order valence-electron chi connectivity index (χ4n) is 1.75. The fourth-order valence-corrected chi connectivity index (χ4v) is 1.75. The standard InChI is InChI=1S/C12H16N6O3/c1-7(2)9(14-12(20)21-3)10(19)15-11-17-16-8-6-13-4-5-18(8)11/h4-7,9H,1-3H3,(H,14,20)(H,15,17,19)/t9-/m0/s1. The van der Waals surface area contributed by atoms with Gasteiger partial charge in [-0.3, -0.25) is 19.5 Å². The summed E-state index contributed by atoms with van der Waals surface area (Å²) in [4.78, 5) is 27.5. The lowest BCUT2D eigenvalue weighted by Gasteiger charge is -2.20. The van der Waals surface area contributed by atoms with Crippen LogP contribution in [-0.4, -0.2) is 44.7 Å². The van der Waals surface area contributed by atoms with Gasteiger partial charge in [-0.1, -0.05) is 13.8 Å². The van der Waals surface area contributed by atoms with Crippen molar-refractivity contribution in [3.63, 3.8) is 0 Å². The molecule has 0 bridgehead atoms. The lowest BCUT2D eigenvalue weighted by Crippen LogP contribution is -2.47. The van der Waals surface area contributed by atoms with Crippen molar-refractivity contribution in [3.8, 4) is 0 Å². The van der Waals surface area contributed by atoms with Crippen LogP contribution in [0.3, 0.4) is 0 Å². The number of hydrogen-bond donors (Lipinski definition) is 2. The molecule has 0 aromatic carbocycles. The molecule has 2 N–H and O–H groups in total. The zero-order valence-corrected chi connectivity index (χ0v) is 11.9. The summed E-state index contributed by atoms with van der Waals surface area (Å²) in [5.41, 5.74) is 0.509. The highest BCUT2D eigenvalue weighted by Crippen LogP contribution is 2.09. The second-order valence-corrected chi connectivity index (χ2v) is 4.67. The quantitative estimate of drug-likeness (QED) is 0.846. The topological polar surface area (TPSA) is 111 Å². The number of nitrogens with one attached hydrogen (secondary N) is 2. The smallest absolute Gasteiger partial charge is 0.407 e. The molecule has 0 radical (unpaired) electrons. The number of nitrogens with zero attached hydrogens (tertiary/aromatic N) is 4. The lowest BCUT2D eigenvalue weighted by atomic mass is 10.0. The van der Waals surface area contributed by atoms with E-state index in [1.807, 2.05) is 13.8 Å². The molecule has 2 rings (SSSR count). The number of ether oxygens (including phenoxy) is 1. The Morgan fingerprint density at radius 3 is 2.76 bits per heavy atom. The maximum Gasteiger partial charge on any atom is 0.407 e. The van der Waals surface area contributed by atoms with Crippen LogP contribution in [0.25, 0.3) is 5.65 Å². The second-order valence-electron chi connectivity index (χ2n) is 4.67. The molecule has 112 valence electrons. The first-order chi connectivity index (χ1) is 10.0. The summed E-state index contributed by atoms with van der Waals surface area (Å²) < 4.78 is 6.10. The van der Waals surface area contributed by atoms with E-state index in [0.717, 1.165) is 0 Å². The van der Waals surface area contributed by atoms with E-state index in [1.165, 1.54) is 13.3 Å². The highest BCUT2D eigenvalue weighted by molar-refractivity contribution is 5.95. The van der Waals surface area contributed by atoms with Crippen LogP contribution >= 0.6 is 0 Å². The minimum Gasteiger partial charge on any atom is -0.453 e. The molecule has 2 aromatic rings. The summed E-state index contributed by atoms with van der Waals surface area (Å²) in [6.07, 6.45) is 4.04. The van der Waals surface area contributed by atoms with Crippen molar-refractivity contribution in [2.45, 2.75) is 19.9 Å². The minimum atomic E-state index is -0.744. The van der Waals surface area contributed by atoms with Gasteiger partial charge >= 0.3 is 6.09 Å². The number of fused-ring (bicyclic) bond motifs is 1. The Balaban J connectivity index is 2.16. The first-order valence-corrected chi connectivity index (χ1v) is 6.33. The van der Waals surface area contributed by atoms with E-state index >= 15 is 0 Å². The van der Waals surface area contributed by atoms with Gasteiger partial charge in [0.1, 0.15) is 6.04 Å². The molecule has 1 atom stereocenters. The molecule has 2 amide bonds. The number of methoxy groups -OCH3 is 1. The molecule has 2 heterocycles. The molecule has 0 aliphatic carbocycles. The van der Waals surface area contributed by atoms with Crippen LogP contribution in [0.1, 0.15) is 13.8 Å². The number of anilines is 1. The fraction of sp³-hybridized carbons (Fsp3) is 0.417. The van der Waals surface area contributed by atoms with Gasteiger partial charge in [0.2, 0.25) is 11.9 Å². The van der Waals surface area contributed by atoms with E-state index in [9.17, 15) is 9.59 Å². The Kier molecular flexibility index (Phi) is 4.31. The van der Waals surface area contributed by atoms with Crippen molar-refractivity contribution in [3.05, 3.63) is 18.6 Å².